The third-order valence-electron chi connectivity index (χ3n) is 3.00. The average Bonchev–Trinajstić information content (AvgIpc) is 2.91. The van der Waals surface area contributed by atoms with Gasteiger partial charge in [0.2, 0.25) is 0 Å². The zero-order chi connectivity index (χ0) is 11.0. The number of furan rings is 1. The van der Waals surface area contributed by atoms with Crippen LogP contribution in [0.1, 0.15) is 23.9 Å². The summed E-state index contributed by atoms with van der Waals surface area (Å²) in [5.74, 6) is 1.90. The van der Waals surface area contributed by atoms with Crippen LogP contribution < -0.4 is 5.32 Å². The Morgan fingerprint density at radius 2 is 2.38 bits per heavy atom. The van der Waals surface area contributed by atoms with Crippen LogP contribution in [0.25, 0.3) is 11.3 Å². The molecule has 1 aliphatic rings. The van der Waals surface area contributed by atoms with E-state index in [1.54, 1.807) is 6.26 Å². The fraction of sp³-hybridized carbons (Fsp3) is 0.417. The number of hydrogen-bond donors (Lipinski definition) is 1. The van der Waals surface area contributed by atoms with Gasteiger partial charge in [0.1, 0.15) is 11.5 Å². The molecule has 4 nitrogen and oxygen atoms in total. The molecule has 0 fully saturated rings. The molecule has 0 saturated heterocycles. The van der Waals surface area contributed by atoms with Gasteiger partial charge in [-0.25, -0.2) is 0 Å². The van der Waals surface area contributed by atoms with Crippen LogP contribution >= 0.6 is 0 Å². The lowest BCUT2D eigenvalue weighted by Crippen LogP contribution is -2.14. The normalized spacial score (nSPS) is 13.6. The van der Waals surface area contributed by atoms with E-state index in [0.717, 1.165) is 48.7 Å². The van der Waals surface area contributed by atoms with E-state index >= 15 is 0 Å². The molecule has 0 aliphatic heterocycles. The van der Waals surface area contributed by atoms with Crippen molar-refractivity contribution >= 4 is 0 Å². The Kier molecular flexibility index (Phi) is 2.29. The topological polar surface area (TPSA) is 51.2 Å². The minimum absolute atomic E-state index is 0.780. The number of aryl methyl sites for hydroxylation is 1. The second-order valence-electron chi connectivity index (χ2n) is 3.97. The van der Waals surface area contributed by atoms with E-state index in [2.05, 4.69) is 17.4 Å². The van der Waals surface area contributed by atoms with E-state index in [1.165, 1.54) is 5.56 Å². The number of rotatable bonds is 3. The highest BCUT2D eigenvalue weighted by molar-refractivity contribution is 5.66. The second kappa shape index (κ2) is 3.79. The number of nitrogens with one attached hydrogen (secondary N) is 1. The first kappa shape index (κ1) is 9.66. The highest BCUT2D eigenvalue weighted by Crippen LogP contribution is 2.35. The molecule has 1 aliphatic carbocycles. The van der Waals surface area contributed by atoms with Crippen molar-refractivity contribution in [3.05, 3.63) is 29.3 Å². The van der Waals surface area contributed by atoms with Crippen molar-refractivity contribution in [2.45, 2.75) is 26.3 Å². The van der Waals surface area contributed by atoms with Crippen LogP contribution in [0.5, 0.6) is 0 Å². The zero-order valence-corrected chi connectivity index (χ0v) is 9.25. The van der Waals surface area contributed by atoms with Gasteiger partial charge in [-0.3, -0.25) is 0 Å². The van der Waals surface area contributed by atoms with Gasteiger partial charge in [-0.15, -0.1) is 0 Å². The molecule has 84 valence electrons. The molecule has 0 amide bonds. The predicted molar refractivity (Wildman–Crippen MR) is 59.0 cm³/mol. The quantitative estimate of drug-likeness (QED) is 0.857. The lowest BCUT2D eigenvalue weighted by molar-refractivity contribution is 0.417. The fourth-order valence-corrected chi connectivity index (χ4v) is 2.17. The minimum atomic E-state index is 0.780. The monoisotopic (exact) mass is 218 g/mol. The summed E-state index contributed by atoms with van der Waals surface area (Å²) in [6.45, 7) is 3.81. The SMILES string of the molecule is CCNCc1noc2c1CCc1occc1-2. The van der Waals surface area contributed by atoms with Crippen LogP contribution in [0, 0.1) is 0 Å². The minimum Gasteiger partial charge on any atom is -0.469 e. The first-order chi connectivity index (χ1) is 7.90. The van der Waals surface area contributed by atoms with Crippen LogP contribution in [-0.2, 0) is 19.4 Å². The van der Waals surface area contributed by atoms with Gasteiger partial charge in [0, 0.05) is 18.5 Å². The maximum atomic E-state index is 5.42. The molecule has 0 unspecified atom stereocenters. The van der Waals surface area contributed by atoms with Gasteiger partial charge < -0.3 is 14.3 Å². The molecule has 1 N–H and O–H groups in total. The lowest BCUT2D eigenvalue weighted by atomic mass is 9.95. The van der Waals surface area contributed by atoms with E-state index < -0.39 is 0 Å². The Hall–Kier alpha value is -1.55. The van der Waals surface area contributed by atoms with E-state index in [-0.39, 0.29) is 0 Å². The molecule has 4 heteroatoms. The average molecular weight is 218 g/mol. The van der Waals surface area contributed by atoms with E-state index in [0.29, 0.717) is 0 Å². The summed E-state index contributed by atoms with van der Waals surface area (Å²) in [4.78, 5) is 0. The first-order valence-corrected chi connectivity index (χ1v) is 5.65. The largest absolute Gasteiger partial charge is 0.469 e. The Morgan fingerprint density at radius 1 is 1.44 bits per heavy atom. The van der Waals surface area contributed by atoms with Crippen LogP contribution in [0.4, 0.5) is 0 Å². The van der Waals surface area contributed by atoms with E-state index in [1.807, 2.05) is 6.07 Å². The van der Waals surface area contributed by atoms with Gasteiger partial charge in [0.25, 0.3) is 0 Å². The summed E-state index contributed by atoms with van der Waals surface area (Å²) in [6.07, 6.45) is 3.61. The molecule has 0 aromatic carbocycles. The maximum Gasteiger partial charge on any atom is 0.173 e. The predicted octanol–water partition coefficient (Wildman–Crippen LogP) is 2.14. The molecule has 2 heterocycles. The van der Waals surface area contributed by atoms with Gasteiger partial charge in [-0.05, 0) is 19.0 Å². The van der Waals surface area contributed by atoms with Crippen molar-refractivity contribution in [1.29, 1.82) is 0 Å². The molecule has 0 spiro atoms. The summed E-state index contributed by atoms with van der Waals surface area (Å²) in [5, 5.41) is 7.41. The Labute approximate surface area is 93.6 Å². The van der Waals surface area contributed by atoms with Gasteiger partial charge in [-0.2, -0.15) is 0 Å². The van der Waals surface area contributed by atoms with Crippen molar-refractivity contribution in [3.8, 4) is 11.3 Å². The van der Waals surface area contributed by atoms with E-state index in [4.69, 9.17) is 8.94 Å². The molecule has 0 atom stereocenters. The van der Waals surface area contributed by atoms with Crippen LogP contribution in [-0.4, -0.2) is 11.7 Å². The van der Waals surface area contributed by atoms with Gasteiger partial charge in [0.05, 0.1) is 11.8 Å². The van der Waals surface area contributed by atoms with Crippen LogP contribution in [0.3, 0.4) is 0 Å². The first-order valence-electron chi connectivity index (χ1n) is 5.65. The fourth-order valence-electron chi connectivity index (χ4n) is 2.17. The molecule has 0 radical (unpaired) electrons. The Morgan fingerprint density at radius 3 is 3.25 bits per heavy atom. The van der Waals surface area contributed by atoms with Crippen LogP contribution in [0.2, 0.25) is 0 Å². The highest BCUT2D eigenvalue weighted by Gasteiger charge is 2.25. The summed E-state index contributed by atoms with van der Waals surface area (Å²) in [5.41, 5.74) is 3.33. The number of hydrogen-bond acceptors (Lipinski definition) is 4. The van der Waals surface area contributed by atoms with Gasteiger partial charge in [0.15, 0.2) is 5.76 Å². The highest BCUT2D eigenvalue weighted by atomic mass is 16.5. The van der Waals surface area contributed by atoms with Gasteiger partial charge in [-0.1, -0.05) is 12.1 Å². The lowest BCUT2D eigenvalue weighted by Gasteiger charge is -2.09. The van der Waals surface area contributed by atoms with Crippen LogP contribution in [0.15, 0.2) is 21.3 Å². The Balaban J connectivity index is 1.99. The van der Waals surface area contributed by atoms with E-state index in [9.17, 15) is 0 Å². The number of aromatic nitrogens is 1. The zero-order valence-electron chi connectivity index (χ0n) is 9.25. The number of fused-ring (bicyclic) bond motifs is 3. The molecule has 0 saturated carbocycles. The molecular formula is C12H14N2O2. The summed E-state index contributed by atoms with van der Waals surface area (Å²) in [7, 11) is 0. The van der Waals surface area contributed by atoms with Gasteiger partial charge >= 0.3 is 0 Å². The molecule has 0 bridgehead atoms. The van der Waals surface area contributed by atoms with Crippen molar-refractivity contribution in [2.75, 3.05) is 6.54 Å². The third-order valence-corrected chi connectivity index (χ3v) is 3.00. The molecule has 2 aromatic rings. The van der Waals surface area contributed by atoms with Crippen molar-refractivity contribution in [2.24, 2.45) is 0 Å². The van der Waals surface area contributed by atoms with Crippen molar-refractivity contribution in [3.63, 3.8) is 0 Å². The molecule has 16 heavy (non-hydrogen) atoms. The molecule has 3 rings (SSSR count). The maximum absolute atomic E-state index is 5.42. The Bertz CT molecular complexity index is 499. The standard InChI is InChI=1S/C12H14N2O2/c1-2-13-7-10-8-3-4-11-9(5-6-15-11)12(8)16-14-10/h5-6,13H,2-4,7H2,1H3. The molecular weight excluding hydrogens is 204 g/mol. The summed E-state index contributed by atoms with van der Waals surface area (Å²) in [6, 6.07) is 1.95. The van der Waals surface area contributed by atoms with Crippen molar-refractivity contribution in [1.82, 2.24) is 10.5 Å². The smallest absolute Gasteiger partial charge is 0.173 e. The number of nitrogens with zero attached hydrogens (tertiary/aromatic N) is 1. The van der Waals surface area contributed by atoms with Crippen molar-refractivity contribution < 1.29 is 8.94 Å². The second-order valence-corrected chi connectivity index (χ2v) is 3.97. The summed E-state index contributed by atoms with van der Waals surface area (Å²) < 4.78 is 10.8. The third kappa shape index (κ3) is 1.38. The summed E-state index contributed by atoms with van der Waals surface area (Å²) >= 11 is 0. The molecule has 2 aromatic heterocycles.